The molecule has 0 radical (unpaired) electrons. The van der Waals surface area contributed by atoms with Crippen LogP contribution in [0.5, 0.6) is 0 Å². The molecule has 3 aromatic heterocycles. The Hall–Kier alpha value is -3.64. The summed E-state index contributed by atoms with van der Waals surface area (Å²) < 4.78 is 32.0. The number of aromatic nitrogens is 8. The molecule has 4 heterocycles. The van der Waals surface area contributed by atoms with E-state index >= 15 is 0 Å². The Morgan fingerprint density at radius 1 is 1.29 bits per heavy atom. The Balaban J connectivity index is 1.47. The van der Waals surface area contributed by atoms with Crippen molar-refractivity contribution in [3.05, 3.63) is 72.1 Å². The van der Waals surface area contributed by atoms with Crippen molar-refractivity contribution in [1.82, 2.24) is 35.0 Å². The normalized spacial score (nSPS) is 16.7. The molecule has 3 N–H and O–H groups in total. The number of rotatable bonds is 6. The minimum absolute atomic E-state index is 0.000413. The Labute approximate surface area is 193 Å². The first-order valence-corrected chi connectivity index (χ1v) is 10.9. The zero-order valence-electron chi connectivity index (χ0n) is 18.8. The van der Waals surface area contributed by atoms with E-state index in [9.17, 15) is 13.9 Å². The summed E-state index contributed by atoms with van der Waals surface area (Å²) >= 11 is 0. The first-order valence-electron chi connectivity index (χ1n) is 10.9. The predicted octanol–water partition coefficient (Wildman–Crippen LogP) is 0.544. The molecular weight excluding hydrogens is 444 g/mol. The van der Waals surface area contributed by atoms with Crippen LogP contribution in [-0.2, 0) is 25.2 Å². The Kier molecular flexibility index (Phi) is 5.62. The molecule has 176 valence electrons. The molecule has 0 fully saturated rings. The second-order valence-electron chi connectivity index (χ2n) is 8.51. The van der Waals surface area contributed by atoms with Crippen molar-refractivity contribution >= 4 is 0 Å². The van der Waals surface area contributed by atoms with Crippen molar-refractivity contribution in [2.45, 2.75) is 45.1 Å². The van der Waals surface area contributed by atoms with Gasteiger partial charge in [-0.05, 0) is 29.9 Å². The average Bonchev–Trinajstić information content (AvgIpc) is 3.47. The molecule has 5 rings (SSSR count). The molecular formula is C22H25F2N9O+2. The van der Waals surface area contributed by atoms with Gasteiger partial charge in [-0.3, -0.25) is 4.90 Å². The van der Waals surface area contributed by atoms with Crippen molar-refractivity contribution in [3.8, 4) is 11.4 Å². The highest BCUT2D eigenvalue weighted by Gasteiger charge is 2.45. The lowest BCUT2D eigenvalue weighted by Gasteiger charge is -2.40. The molecule has 10 nitrogen and oxygen atoms in total. The summed E-state index contributed by atoms with van der Waals surface area (Å²) in [6, 6.07) is 2.70. The number of nitrogens with zero attached hydrogens (tertiary/aromatic N) is 7. The van der Waals surface area contributed by atoms with Crippen LogP contribution in [0.2, 0.25) is 0 Å². The summed E-state index contributed by atoms with van der Waals surface area (Å²) in [7, 11) is 0. The zero-order chi connectivity index (χ0) is 23.9. The van der Waals surface area contributed by atoms with Crippen molar-refractivity contribution in [1.29, 1.82) is 0 Å². The van der Waals surface area contributed by atoms with E-state index in [0.717, 1.165) is 29.2 Å². The molecule has 12 heteroatoms. The van der Waals surface area contributed by atoms with Crippen LogP contribution in [-0.4, -0.2) is 52.7 Å². The van der Waals surface area contributed by atoms with Gasteiger partial charge in [0.05, 0.1) is 11.3 Å². The quantitative estimate of drug-likeness (QED) is 0.355. The number of nitrogens with one attached hydrogen (secondary N) is 2. The van der Waals surface area contributed by atoms with Gasteiger partial charge in [-0.15, -0.1) is 0 Å². The lowest BCUT2D eigenvalue weighted by atomic mass is 9.85. The number of benzene rings is 1. The molecule has 0 unspecified atom stereocenters. The number of aromatic amines is 2. The third-order valence-corrected chi connectivity index (χ3v) is 6.47. The van der Waals surface area contributed by atoms with Crippen LogP contribution in [0.3, 0.4) is 0 Å². The molecule has 0 saturated carbocycles. The van der Waals surface area contributed by atoms with Crippen LogP contribution in [0.15, 0.2) is 43.4 Å². The van der Waals surface area contributed by atoms with Crippen molar-refractivity contribution in [2.24, 2.45) is 0 Å². The number of halogens is 2. The number of aliphatic hydroxyl groups is 1. The monoisotopic (exact) mass is 469 g/mol. The fourth-order valence-corrected chi connectivity index (χ4v) is 4.46. The highest BCUT2D eigenvalue weighted by molar-refractivity contribution is 5.55. The zero-order valence-corrected chi connectivity index (χ0v) is 18.8. The first kappa shape index (κ1) is 22.2. The van der Waals surface area contributed by atoms with Gasteiger partial charge >= 0.3 is 12.2 Å². The maximum atomic E-state index is 14.9. The maximum absolute atomic E-state index is 14.9. The summed E-state index contributed by atoms with van der Waals surface area (Å²) in [4.78, 5) is 19.1. The molecule has 1 aromatic carbocycles. The van der Waals surface area contributed by atoms with Crippen LogP contribution in [0, 0.1) is 18.6 Å². The summed E-state index contributed by atoms with van der Waals surface area (Å²) in [6.45, 7) is 5.32. The molecule has 0 spiro atoms. The van der Waals surface area contributed by atoms with E-state index in [1.807, 2.05) is 23.4 Å². The van der Waals surface area contributed by atoms with E-state index in [0.29, 0.717) is 25.5 Å². The van der Waals surface area contributed by atoms with Crippen molar-refractivity contribution < 1.29 is 23.3 Å². The standard InChI is InChI=1S/C22H23F2N9O/c1-14-17(8-25-11-27-14)21-29-20-9-31(5-6-33(20)30-21)15(2)22(34,10-32-13-26-12-28-32)18-4-3-16(23)7-19(18)24/h3-4,7-8,11-13,15,34H,5-6,9-10H2,1-2H3/p+2/t15-,22-/m1/s1. The predicted molar refractivity (Wildman–Crippen MR) is 113 cm³/mol. The molecule has 0 aliphatic carbocycles. The maximum Gasteiger partial charge on any atom is 0.333 e. The number of hydrogen-bond acceptors (Lipinski definition) is 6. The van der Waals surface area contributed by atoms with E-state index < -0.39 is 23.3 Å². The summed E-state index contributed by atoms with van der Waals surface area (Å²) in [6.07, 6.45) is 6.18. The molecule has 0 bridgehead atoms. The SMILES string of the molecule is Cc1ncncc1-c1nc2[n+]([nH]1)CCN([C@H](C)[C@](O)(C[n+]1cnc[nH]1)c1ccc(F)cc1F)C2. The minimum atomic E-state index is -1.68. The molecule has 2 atom stereocenters. The van der Waals surface area contributed by atoms with Gasteiger partial charge in [0.25, 0.3) is 5.82 Å². The molecule has 1 aliphatic rings. The van der Waals surface area contributed by atoms with Gasteiger partial charge in [0, 0.05) is 30.4 Å². The summed E-state index contributed by atoms with van der Waals surface area (Å²) in [5.74, 6) is -0.0696. The highest BCUT2D eigenvalue weighted by Crippen LogP contribution is 2.32. The Morgan fingerprint density at radius 2 is 2.15 bits per heavy atom. The van der Waals surface area contributed by atoms with E-state index in [-0.39, 0.29) is 12.1 Å². The summed E-state index contributed by atoms with van der Waals surface area (Å²) in [5, 5.41) is 18.1. The molecule has 4 aromatic rings. The van der Waals surface area contributed by atoms with Crippen LogP contribution in [0.25, 0.3) is 11.4 Å². The smallest absolute Gasteiger partial charge is 0.333 e. The molecule has 0 saturated heterocycles. The second-order valence-corrected chi connectivity index (χ2v) is 8.51. The third-order valence-electron chi connectivity index (χ3n) is 6.47. The van der Waals surface area contributed by atoms with E-state index in [2.05, 4.69) is 25.1 Å². The second kappa shape index (κ2) is 8.61. The van der Waals surface area contributed by atoms with Crippen molar-refractivity contribution in [2.75, 3.05) is 6.54 Å². The van der Waals surface area contributed by atoms with Gasteiger partial charge in [-0.2, -0.15) is 19.6 Å². The van der Waals surface area contributed by atoms with Gasteiger partial charge in [0.1, 0.15) is 43.2 Å². The van der Waals surface area contributed by atoms with Crippen LogP contribution in [0.4, 0.5) is 8.78 Å². The van der Waals surface area contributed by atoms with E-state index in [4.69, 9.17) is 4.98 Å². The fourth-order valence-electron chi connectivity index (χ4n) is 4.46. The van der Waals surface area contributed by atoms with Crippen LogP contribution < -0.4 is 9.36 Å². The third kappa shape index (κ3) is 3.94. The highest BCUT2D eigenvalue weighted by atomic mass is 19.1. The Bertz CT molecular complexity index is 1310. The molecule has 1 aliphatic heterocycles. The topological polar surface area (TPSA) is 114 Å². The number of hydrogen-bond donors (Lipinski definition) is 3. The van der Waals surface area contributed by atoms with E-state index in [1.165, 1.54) is 25.0 Å². The number of H-pyrrole nitrogens is 2. The van der Waals surface area contributed by atoms with Crippen LogP contribution >= 0.6 is 0 Å². The van der Waals surface area contributed by atoms with Crippen molar-refractivity contribution in [3.63, 3.8) is 0 Å². The van der Waals surface area contributed by atoms with E-state index in [1.54, 1.807) is 10.9 Å². The fraction of sp³-hybridized carbons (Fsp3) is 0.364. The molecule has 34 heavy (non-hydrogen) atoms. The van der Waals surface area contributed by atoms with Gasteiger partial charge in [-0.25, -0.2) is 18.7 Å². The Morgan fingerprint density at radius 3 is 2.88 bits per heavy atom. The van der Waals surface area contributed by atoms with Gasteiger partial charge in [0.15, 0.2) is 0 Å². The summed E-state index contributed by atoms with van der Waals surface area (Å²) in [5.41, 5.74) is -0.0453. The van der Waals surface area contributed by atoms with Crippen LogP contribution in [0.1, 0.15) is 24.0 Å². The largest absolute Gasteiger partial charge is 0.379 e. The molecule has 0 amide bonds. The lowest BCUT2D eigenvalue weighted by molar-refractivity contribution is -0.768. The number of aryl methyl sites for hydroxylation is 1. The van der Waals surface area contributed by atoms with Gasteiger partial charge in [-0.1, -0.05) is 6.07 Å². The first-order chi connectivity index (χ1) is 16.3. The lowest BCUT2D eigenvalue weighted by Crippen LogP contribution is -2.61. The van der Waals surface area contributed by atoms with Gasteiger partial charge in [0.2, 0.25) is 6.33 Å². The average molecular weight is 470 g/mol. The number of fused-ring (bicyclic) bond motifs is 1. The minimum Gasteiger partial charge on any atom is -0.379 e. The van der Waals surface area contributed by atoms with Gasteiger partial charge < -0.3 is 5.11 Å².